The molecule has 1 fully saturated rings. The fraction of sp³-hybridized carbons (Fsp3) is 0.318. The van der Waals surface area contributed by atoms with Crippen molar-refractivity contribution in [3.05, 3.63) is 65.2 Å². The van der Waals surface area contributed by atoms with E-state index in [9.17, 15) is 14.4 Å². The molecule has 6 heteroatoms. The molecule has 0 aliphatic carbocycles. The molecule has 146 valence electrons. The smallest absolute Gasteiger partial charge is 0.308 e. The van der Waals surface area contributed by atoms with Crippen molar-refractivity contribution < 1.29 is 19.1 Å². The third kappa shape index (κ3) is 4.97. The molecule has 6 nitrogen and oxygen atoms in total. The lowest BCUT2D eigenvalue weighted by Gasteiger charge is -2.32. The first-order valence-corrected chi connectivity index (χ1v) is 9.37. The number of nitrogens with zero attached hydrogens (tertiary/aromatic N) is 1. The second-order valence-corrected chi connectivity index (χ2v) is 7.03. The molecular weight excluding hydrogens is 356 g/mol. The zero-order chi connectivity index (χ0) is 20.1. The van der Waals surface area contributed by atoms with Crippen molar-refractivity contribution in [2.24, 2.45) is 0 Å². The summed E-state index contributed by atoms with van der Waals surface area (Å²) in [5.41, 5.74) is 2.24. The minimum Gasteiger partial charge on any atom is -0.427 e. The first kappa shape index (κ1) is 19.6. The van der Waals surface area contributed by atoms with Crippen LogP contribution in [0.3, 0.4) is 0 Å². The molecular formula is C22H24N2O4. The molecule has 28 heavy (non-hydrogen) atoms. The number of amides is 2. The van der Waals surface area contributed by atoms with Crippen molar-refractivity contribution in [2.45, 2.75) is 32.7 Å². The van der Waals surface area contributed by atoms with Gasteiger partial charge in [-0.3, -0.25) is 14.4 Å². The average Bonchev–Trinajstić information content (AvgIpc) is 2.68. The molecule has 0 atom stereocenters. The highest BCUT2D eigenvalue weighted by atomic mass is 16.5. The van der Waals surface area contributed by atoms with Crippen LogP contribution >= 0.6 is 0 Å². The van der Waals surface area contributed by atoms with Gasteiger partial charge in [-0.25, -0.2) is 0 Å². The van der Waals surface area contributed by atoms with Crippen LogP contribution in [0.1, 0.15) is 46.0 Å². The Balaban J connectivity index is 1.54. The van der Waals surface area contributed by atoms with Crippen LogP contribution in [0.4, 0.5) is 0 Å². The molecule has 2 aromatic carbocycles. The maximum Gasteiger partial charge on any atom is 0.308 e. The molecule has 1 saturated heterocycles. The second-order valence-electron chi connectivity index (χ2n) is 7.03. The number of rotatable bonds is 4. The van der Waals surface area contributed by atoms with Crippen LogP contribution in [0.5, 0.6) is 5.75 Å². The lowest BCUT2D eigenvalue weighted by atomic mass is 10.0. The van der Waals surface area contributed by atoms with Gasteiger partial charge in [-0.15, -0.1) is 0 Å². The summed E-state index contributed by atoms with van der Waals surface area (Å²) in [5, 5.41) is 3.05. The van der Waals surface area contributed by atoms with Crippen LogP contribution in [0.25, 0.3) is 0 Å². The van der Waals surface area contributed by atoms with Crippen LogP contribution < -0.4 is 10.1 Å². The van der Waals surface area contributed by atoms with Crippen LogP contribution in [0.2, 0.25) is 0 Å². The largest absolute Gasteiger partial charge is 0.427 e. The molecule has 0 bridgehead atoms. The second kappa shape index (κ2) is 8.69. The predicted molar refractivity (Wildman–Crippen MR) is 105 cm³/mol. The highest BCUT2D eigenvalue weighted by Gasteiger charge is 2.25. The Hall–Kier alpha value is -3.15. The molecule has 1 N–H and O–H groups in total. The van der Waals surface area contributed by atoms with Crippen LogP contribution in [0, 0.1) is 6.92 Å². The first-order chi connectivity index (χ1) is 13.4. The third-order valence-corrected chi connectivity index (χ3v) is 4.77. The van der Waals surface area contributed by atoms with Gasteiger partial charge in [-0.2, -0.15) is 0 Å². The predicted octanol–water partition coefficient (Wildman–Crippen LogP) is 2.95. The zero-order valence-electron chi connectivity index (χ0n) is 16.1. The number of piperidine rings is 1. The Morgan fingerprint density at radius 1 is 1.00 bits per heavy atom. The Bertz CT molecular complexity index is 868. The van der Waals surface area contributed by atoms with E-state index in [2.05, 4.69) is 5.32 Å². The van der Waals surface area contributed by atoms with E-state index in [0.29, 0.717) is 42.8 Å². The molecule has 1 heterocycles. The molecule has 0 spiro atoms. The minimum atomic E-state index is -0.422. The van der Waals surface area contributed by atoms with Gasteiger partial charge in [0.2, 0.25) is 0 Å². The number of esters is 1. The highest BCUT2D eigenvalue weighted by molar-refractivity contribution is 5.95. The molecule has 0 unspecified atom stereocenters. The molecule has 2 amide bonds. The molecule has 1 aliphatic heterocycles. The summed E-state index contributed by atoms with van der Waals surface area (Å²) in [6, 6.07) is 14.1. The Morgan fingerprint density at radius 3 is 2.32 bits per heavy atom. The summed E-state index contributed by atoms with van der Waals surface area (Å²) in [5.74, 6) is -0.246. The van der Waals surface area contributed by atoms with Crippen molar-refractivity contribution in [1.82, 2.24) is 10.2 Å². The summed E-state index contributed by atoms with van der Waals surface area (Å²) in [6.45, 7) is 4.44. The summed E-state index contributed by atoms with van der Waals surface area (Å²) in [4.78, 5) is 37.9. The van der Waals surface area contributed by atoms with Crippen molar-refractivity contribution in [1.29, 1.82) is 0 Å². The zero-order valence-corrected chi connectivity index (χ0v) is 16.1. The topological polar surface area (TPSA) is 75.7 Å². The van der Waals surface area contributed by atoms with Gasteiger partial charge in [0.1, 0.15) is 5.75 Å². The fourth-order valence-corrected chi connectivity index (χ4v) is 3.24. The summed E-state index contributed by atoms with van der Waals surface area (Å²) in [7, 11) is 0. The Labute approximate surface area is 164 Å². The minimum absolute atomic E-state index is 0.0465. The van der Waals surface area contributed by atoms with Crippen molar-refractivity contribution in [2.75, 3.05) is 13.1 Å². The van der Waals surface area contributed by atoms with E-state index in [4.69, 9.17) is 4.74 Å². The van der Waals surface area contributed by atoms with E-state index in [1.807, 2.05) is 31.2 Å². The lowest BCUT2D eigenvalue weighted by Crippen LogP contribution is -2.46. The first-order valence-electron chi connectivity index (χ1n) is 9.37. The molecule has 1 aliphatic rings. The Kier molecular flexibility index (Phi) is 6.09. The maximum atomic E-state index is 12.7. The molecule has 0 aromatic heterocycles. The monoisotopic (exact) mass is 380 g/mol. The number of hydrogen-bond donors (Lipinski definition) is 1. The van der Waals surface area contributed by atoms with Crippen LogP contribution in [-0.2, 0) is 4.79 Å². The van der Waals surface area contributed by atoms with Crippen molar-refractivity contribution in [3.63, 3.8) is 0 Å². The van der Waals surface area contributed by atoms with Gasteiger partial charge in [-0.1, -0.05) is 23.8 Å². The standard InChI is InChI=1S/C22H24N2O4/c1-15-6-8-17(9-7-15)21(26)23-19-10-12-24(13-11-19)22(27)18-4-3-5-20(14-18)28-16(2)25/h3-9,14,19H,10-13H2,1-2H3,(H,23,26). The number of benzene rings is 2. The van der Waals surface area contributed by atoms with Crippen LogP contribution in [-0.4, -0.2) is 41.8 Å². The average molecular weight is 380 g/mol. The van der Waals surface area contributed by atoms with Crippen LogP contribution in [0.15, 0.2) is 48.5 Å². The number of hydrogen-bond acceptors (Lipinski definition) is 4. The number of carbonyl (C=O) groups is 3. The van der Waals surface area contributed by atoms with Gasteiger partial charge in [0, 0.05) is 37.2 Å². The normalized spacial score (nSPS) is 14.4. The summed E-state index contributed by atoms with van der Waals surface area (Å²) < 4.78 is 5.05. The highest BCUT2D eigenvalue weighted by Crippen LogP contribution is 2.18. The molecule has 3 rings (SSSR count). The number of aryl methyl sites for hydroxylation is 1. The van der Waals surface area contributed by atoms with Crippen molar-refractivity contribution in [3.8, 4) is 5.75 Å². The molecule has 0 radical (unpaired) electrons. The molecule has 0 saturated carbocycles. The van der Waals surface area contributed by atoms with E-state index < -0.39 is 5.97 Å². The quantitative estimate of drug-likeness (QED) is 0.654. The fourth-order valence-electron chi connectivity index (χ4n) is 3.24. The van der Waals surface area contributed by atoms with Gasteiger partial charge < -0.3 is 15.0 Å². The Morgan fingerprint density at radius 2 is 1.68 bits per heavy atom. The van der Waals surface area contributed by atoms with Gasteiger partial charge in [0.05, 0.1) is 0 Å². The number of ether oxygens (including phenoxy) is 1. The number of carbonyl (C=O) groups excluding carboxylic acids is 3. The number of likely N-dealkylation sites (tertiary alicyclic amines) is 1. The van der Waals surface area contributed by atoms with Gasteiger partial charge >= 0.3 is 5.97 Å². The lowest BCUT2D eigenvalue weighted by molar-refractivity contribution is -0.131. The van der Waals surface area contributed by atoms with Gasteiger partial charge in [-0.05, 0) is 50.1 Å². The van der Waals surface area contributed by atoms with Gasteiger partial charge in [0.25, 0.3) is 11.8 Å². The van der Waals surface area contributed by atoms with E-state index in [1.54, 1.807) is 29.2 Å². The van der Waals surface area contributed by atoms with E-state index in [1.165, 1.54) is 6.92 Å². The maximum absolute atomic E-state index is 12.7. The summed E-state index contributed by atoms with van der Waals surface area (Å²) in [6.07, 6.45) is 1.40. The summed E-state index contributed by atoms with van der Waals surface area (Å²) >= 11 is 0. The van der Waals surface area contributed by atoms with E-state index in [-0.39, 0.29) is 17.9 Å². The SMILES string of the molecule is CC(=O)Oc1cccc(C(=O)N2CCC(NC(=O)c3ccc(C)cc3)CC2)c1. The molecule has 2 aromatic rings. The number of nitrogens with one attached hydrogen (secondary N) is 1. The van der Waals surface area contributed by atoms with E-state index in [0.717, 1.165) is 5.56 Å². The van der Waals surface area contributed by atoms with Crippen molar-refractivity contribution >= 4 is 17.8 Å². The van der Waals surface area contributed by atoms with Gasteiger partial charge in [0.15, 0.2) is 0 Å². The van der Waals surface area contributed by atoms with E-state index >= 15 is 0 Å². The third-order valence-electron chi connectivity index (χ3n) is 4.77.